The van der Waals surface area contributed by atoms with Crippen molar-refractivity contribution in [3.8, 4) is 11.8 Å². The second-order valence-corrected chi connectivity index (χ2v) is 5.89. The van der Waals surface area contributed by atoms with E-state index in [1.807, 2.05) is 0 Å². The molecule has 1 rings (SSSR count). The SMILES string of the molecule is CC#CCCS(=O)(=O)c1ccc(C)c(C(=O)O)c1. The van der Waals surface area contributed by atoms with Crippen LogP contribution in [0, 0.1) is 18.8 Å². The van der Waals surface area contributed by atoms with Crippen LogP contribution < -0.4 is 0 Å². The average Bonchev–Trinajstić information content (AvgIpc) is 2.29. The Labute approximate surface area is 107 Å². The van der Waals surface area contributed by atoms with Crippen LogP contribution in [-0.4, -0.2) is 25.2 Å². The number of aryl methyl sites for hydroxylation is 1. The molecule has 0 saturated heterocycles. The minimum absolute atomic E-state index is 0.0117. The van der Waals surface area contributed by atoms with Gasteiger partial charge in [0, 0.05) is 6.42 Å². The standard InChI is InChI=1S/C13H14O4S/c1-3-4-5-8-18(16,17)11-7-6-10(2)12(9-11)13(14)15/h6-7,9H,5,8H2,1-2H3,(H,14,15). The third kappa shape index (κ3) is 3.34. The van der Waals surface area contributed by atoms with E-state index in [4.69, 9.17) is 5.11 Å². The molecule has 0 aliphatic carbocycles. The summed E-state index contributed by atoms with van der Waals surface area (Å²) >= 11 is 0. The normalized spacial score (nSPS) is 10.6. The fraction of sp³-hybridized carbons (Fsp3) is 0.308. The summed E-state index contributed by atoms with van der Waals surface area (Å²) in [6.45, 7) is 3.27. The van der Waals surface area contributed by atoms with Crippen LogP contribution in [0.15, 0.2) is 23.1 Å². The highest BCUT2D eigenvalue weighted by Crippen LogP contribution is 2.17. The third-order valence-corrected chi connectivity index (χ3v) is 4.18. The van der Waals surface area contributed by atoms with Gasteiger partial charge in [-0.15, -0.1) is 11.8 Å². The number of rotatable bonds is 4. The van der Waals surface area contributed by atoms with Crippen molar-refractivity contribution in [2.45, 2.75) is 25.2 Å². The molecule has 0 bridgehead atoms. The molecule has 0 unspecified atom stereocenters. The summed E-state index contributed by atoms with van der Waals surface area (Å²) in [6, 6.07) is 4.13. The molecule has 1 aromatic rings. The topological polar surface area (TPSA) is 71.4 Å². The van der Waals surface area contributed by atoms with Crippen LogP contribution in [0.25, 0.3) is 0 Å². The number of aromatic carboxylic acids is 1. The number of hydrogen-bond acceptors (Lipinski definition) is 3. The van der Waals surface area contributed by atoms with Crippen LogP contribution in [0.5, 0.6) is 0 Å². The molecule has 0 fully saturated rings. The maximum atomic E-state index is 11.9. The van der Waals surface area contributed by atoms with Gasteiger partial charge < -0.3 is 5.11 Å². The van der Waals surface area contributed by atoms with Gasteiger partial charge >= 0.3 is 5.97 Å². The highest BCUT2D eigenvalue weighted by Gasteiger charge is 2.17. The van der Waals surface area contributed by atoms with Gasteiger partial charge in [-0.1, -0.05) is 6.07 Å². The Morgan fingerprint density at radius 1 is 1.39 bits per heavy atom. The maximum Gasteiger partial charge on any atom is 0.335 e. The van der Waals surface area contributed by atoms with Crippen LogP contribution in [0.2, 0.25) is 0 Å². The lowest BCUT2D eigenvalue weighted by molar-refractivity contribution is 0.0696. The van der Waals surface area contributed by atoms with Crippen molar-refractivity contribution >= 4 is 15.8 Å². The minimum atomic E-state index is -3.47. The van der Waals surface area contributed by atoms with E-state index in [-0.39, 0.29) is 22.6 Å². The second-order valence-electron chi connectivity index (χ2n) is 3.78. The molecule has 18 heavy (non-hydrogen) atoms. The summed E-state index contributed by atoms with van der Waals surface area (Å²) in [7, 11) is -3.47. The lowest BCUT2D eigenvalue weighted by Crippen LogP contribution is -2.09. The van der Waals surface area contributed by atoms with E-state index < -0.39 is 15.8 Å². The van der Waals surface area contributed by atoms with Gasteiger partial charge in [0.2, 0.25) is 0 Å². The van der Waals surface area contributed by atoms with Crippen molar-refractivity contribution in [1.29, 1.82) is 0 Å². The molecule has 0 heterocycles. The van der Waals surface area contributed by atoms with Crippen molar-refractivity contribution in [2.24, 2.45) is 0 Å². The molecule has 0 aliphatic heterocycles. The molecule has 0 aliphatic rings. The van der Waals surface area contributed by atoms with Crippen molar-refractivity contribution in [3.05, 3.63) is 29.3 Å². The molecule has 96 valence electrons. The zero-order chi connectivity index (χ0) is 13.8. The highest BCUT2D eigenvalue weighted by atomic mass is 32.2. The number of hydrogen-bond donors (Lipinski definition) is 1. The molecular formula is C13H14O4S. The van der Waals surface area contributed by atoms with E-state index in [2.05, 4.69) is 11.8 Å². The first-order chi connectivity index (χ1) is 8.38. The zero-order valence-corrected chi connectivity index (χ0v) is 11.0. The van der Waals surface area contributed by atoms with Gasteiger partial charge in [-0.25, -0.2) is 13.2 Å². The van der Waals surface area contributed by atoms with Crippen molar-refractivity contribution in [3.63, 3.8) is 0 Å². The quantitative estimate of drug-likeness (QED) is 0.845. The van der Waals surface area contributed by atoms with Crippen LogP contribution in [0.4, 0.5) is 0 Å². The van der Waals surface area contributed by atoms with Gasteiger partial charge in [-0.2, -0.15) is 0 Å². The summed E-state index contributed by atoms with van der Waals surface area (Å²) in [4.78, 5) is 11.0. The minimum Gasteiger partial charge on any atom is -0.478 e. The predicted octanol–water partition coefficient (Wildman–Crippen LogP) is 1.88. The van der Waals surface area contributed by atoms with Gasteiger partial charge in [0.05, 0.1) is 16.2 Å². The van der Waals surface area contributed by atoms with Gasteiger partial charge in [-0.3, -0.25) is 0 Å². The van der Waals surface area contributed by atoms with Crippen molar-refractivity contribution < 1.29 is 18.3 Å². The molecule has 0 atom stereocenters. The lowest BCUT2D eigenvalue weighted by atomic mass is 10.1. The Kier molecular flexibility index (Phi) is 4.51. The second kappa shape index (κ2) is 5.69. The maximum absolute atomic E-state index is 11.9. The lowest BCUT2D eigenvalue weighted by Gasteiger charge is -2.06. The van der Waals surface area contributed by atoms with E-state index in [1.165, 1.54) is 18.2 Å². The molecule has 1 N–H and O–H groups in total. The van der Waals surface area contributed by atoms with Crippen LogP contribution >= 0.6 is 0 Å². The molecule has 4 nitrogen and oxygen atoms in total. The molecule has 0 amide bonds. The van der Waals surface area contributed by atoms with Crippen molar-refractivity contribution in [2.75, 3.05) is 5.75 Å². The fourth-order valence-electron chi connectivity index (χ4n) is 1.45. The summed E-state index contributed by atoms with van der Waals surface area (Å²) in [5.41, 5.74) is 0.549. The van der Waals surface area contributed by atoms with Gasteiger partial charge in [0.1, 0.15) is 0 Å². The smallest absolute Gasteiger partial charge is 0.335 e. The van der Waals surface area contributed by atoms with E-state index in [9.17, 15) is 13.2 Å². The number of sulfone groups is 1. The molecule has 1 aromatic carbocycles. The van der Waals surface area contributed by atoms with E-state index in [0.29, 0.717) is 5.56 Å². The van der Waals surface area contributed by atoms with Crippen LogP contribution in [-0.2, 0) is 9.84 Å². The van der Waals surface area contributed by atoms with Crippen LogP contribution in [0.1, 0.15) is 29.3 Å². The molecular weight excluding hydrogens is 252 g/mol. The molecule has 0 aromatic heterocycles. The summed E-state index contributed by atoms with van der Waals surface area (Å²) in [5, 5.41) is 8.95. The Bertz CT molecular complexity index is 618. The molecule has 0 saturated carbocycles. The fourth-order valence-corrected chi connectivity index (χ4v) is 2.63. The zero-order valence-electron chi connectivity index (χ0n) is 10.2. The first-order valence-electron chi connectivity index (χ1n) is 5.35. The number of carboxylic acid groups (broad SMARTS) is 1. The Balaban J connectivity index is 3.12. The molecule has 5 heteroatoms. The molecule has 0 spiro atoms. The predicted molar refractivity (Wildman–Crippen MR) is 68.3 cm³/mol. The monoisotopic (exact) mass is 266 g/mol. The number of benzene rings is 1. The van der Waals surface area contributed by atoms with Crippen LogP contribution in [0.3, 0.4) is 0 Å². The third-order valence-electron chi connectivity index (χ3n) is 2.47. The average molecular weight is 266 g/mol. The van der Waals surface area contributed by atoms with Gasteiger partial charge in [0.15, 0.2) is 9.84 Å². The van der Waals surface area contributed by atoms with Crippen molar-refractivity contribution in [1.82, 2.24) is 0 Å². The first kappa shape index (κ1) is 14.3. The Morgan fingerprint density at radius 2 is 2.06 bits per heavy atom. The van der Waals surface area contributed by atoms with Gasteiger partial charge in [0.25, 0.3) is 0 Å². The van der Waals surface area contributed by atoms with E-state index in [1.54, 1.807) is 13.8 Å². The summed E-state index contributed by atoms with van der Waals surface area (Å²) in [6.07, 6.45) is 0.245. The van der Waals surface area contributed by atoms with Gasteiger partial charge in [-0.05, 0) is 31.5 Å². The molecule has 0 radical (unpaired) electrons. The highest BCUT2D eigenvalue weighted by molar-refractivity contribution is 7.91. The number of carboxylic acids is 1. The first-order valence-corrected chi connectivity index (χ1v) is 7.00. The Morgan fingerprint density at radius 3 is 2.61 bits per heavy atom. The summed E-state index contributed by atoms with van der Waals surface area (Å²) < 4.78 is 23.9. The number of carbonyl (C=O) groups is 1. The van der Waals surface area contributed by atoms with E-state index in [0.717, 1.165) is 0 Å². The summed E-state index contributed by atoms with van der Waals surface area (Å²) in [5.74, 6) is 4.07. The Hall–Kier alpha value is -1.80. The largest absolute Gasteiger partial charge is 0.478 e. The van der Waals surface area contributed by atoms with E-state index >= 15 is 0 Å².